The summed E-state index contributed by atoms with van der Waals surface area (Å²) in [6, 6.07) is 3.71. The topological polar surface area (TPSA) is 58.5 Å². The van der Waals surface area contributed by atoms with Crippen LogP contribution in [0.5, 0.6) is 0 Å². The van der Waals surface area contributed by atoms with Crippen LogP contribution in [0.25, 0.3) is 0 Å². The highest BCUT2D eigenvalue weighted by Crippen LogP contribution is 2.33. The van der Waals surface area contributed by atoms with Crippen LogP contribution in [-0.4, -0.2) is 19.3 Å². The molecule has 0 atom stereocenters. The molecule has 0 spiro atoms. The van der Waals surface area contributed by atoms with Crippen molar-refractivity contribution in [1.29, 1.82) is 0 Å². The fraction of sp³-hybridized carbons (Fsp3) is 0.417. The molecule has 1 heterocycles. The van der Waals surface area contributed by atoms with E-state index in [1.807, 2.05) is 26.0 Å². The van der Waals surface area contributed by atoms with Crippen molar-refractivity contribution in [3.8, 4) is 0 Å². The quantitative estimate of drug-likeness (QED) is 0.907. The standard InChI is InChI=1S/C12H16N2O2S2/c1-4-5-17-12-13-10-7-8(2)6-9(3)11(10)18(15,16)14-12/h6-7H,4-5H2,1-3H3,(H,13,14). The first kappa shape index (κ1) is 13.4. The van der Waals surface area contributed by atoms with E-state index in [9.17, 15) is 8.42 Å². The molecule has 18 heavy (non-hydrogen) atoms. The van der Waals surface area contributed by atoms with E-state index in [1.165, 1.54) is 11.8 Å². The van der Waals surface area contributed by atoms with Crippen molar-refractivity contribution in [3.63, 3.8) is 0 Å². The molecule has 0 fully saturated rings. The molecule has 0 unspecified atom stereocenters. The smallest absolute Gasteiger partial charge is 0.287 e. The molecule has 0 radical (unpaired) electrons. The fourth-order valence-electron chi connectivity index (χ4n) is 1.94. The summed E-state index contributed by atoms with van der Waals surface area (Å²) in [7, 11) is -3.56. The monoisotopic (exact) mass is 284 g/mol. The van der Waals surface area contributed by atoms with Gasteiger partial charge in [-0.2, -0.15) is 8.42 Å². The van der Waals surface area contributed by atoms with Gasteiger partial charge in [-0.15, -0.1) is 4.40 Å². The summed E-state index contributed by atoms with van der Waals surface area (Å²) in [5.74, 6) is 0.849. The van der Waals surface area contributed by atoms with Crippen LogP contribution in [0.2, 0.25) is 0 Å². The second kappa shape index (κ2) is 4.93. The summed E-state index contributed by atoms with van der Waals surface area (Å²) in [4.78, 5) is 0.300. The van der Waals surface area contributed by atoms with Gasteiger partial charge in [-0.05, 0) is 37.5 Å². The lowest BCUT2D eigenvalue weighted by Crippen LogP contribution is -2.20. The van der Waals surface area contributed by atoms with Gasteiger partial charge in [-0.3, -0.25) is 0 Å². The third-order valence-electron chi connectivity index (χ3n) is 2.56. The number of sulfonamides is 1. The second-order valence-electron chi connectivity index (χ2n) is 4.30. The van der Waals surface area contributed by atoms with Gasteiger partial charge in [0, 0.05) is 5.75 Å². The van der Waals surface area contributed by atoms with E-state index in [1.54, 1.807) is 6.92 Å². The number of hydrogen-bond donors (Lipinski definition) is 1. The minimum absolute atomic E-state index is 0.300. The molecule has 1 aliphatic heterocycles. The van der Waals surface area contributed by atoms with Gasteiger partial charge in [0.05, 0.1) is 5.69 Å². The number of nitrogens with one attached hydrogen (secondary N) is 1. The highest BCUT2D eigenvalue weighted by atomic mass is 32.2. The van der Waals surface area contributed by atoms with Crippen LogP contribution < -0.4 is 5.32 Å². The van der Waals surface area contributed by atoms with E-state index >= 15 is 0 Å². The highest BCUT2D eigenvalue weighted by molar-refractivity contribution is 8.14. The molecule has 1 aromatic carbocycles. The van der Waals surface area contributed by atoms with Gasteiger partial charge in [-0.25, -0.2) is 0 Å². The fourth-order valence-corrected chi connectivity index (χ4v) is 4.24. The number of anilines is 1. The molecule has 1 aliphatic rings. The first-order valence-corrected chi connectivity index (χ1v) is 8.22. The van der Waals surface area contributed by atoms with E-state index in [4.69, 9.17) is 0 Å². The Morgan fingerprint density at radius 3 is 2.72 bits per heavy atom. The number of thioether (sulfide) groups is 1. The summed E-state index contributed by atoms with van der Waals surface area (Å²) in [5.41, 5.74) is 2.41. The lowest BCUT2D eigenvalue weighted by molar-refractivity contribution is 0.597. The van der Waals surface area contributed by atoms with Crippen LogP contribution in [0.4, 0.5) is 5.69 Å². The van der Waals surface area contributed by atoms with Crippen molar-refractivity contribution in [2.75, 3.05) is 11.1 Å². The Hall–Kier alpha value is -1.01. The van der Waals surface area contributed by atoms with E-state index < -0.39 is 10.0 Å². The number of rotatable bonds is 2. The molecule has 0 saturated heterocycles. The Labute approximate surface area is 112 Å². The first-order chi connectivity index (χ1) is 8.44. The summed E-state index contributed by atoms with van der Waals surface area (Å²) < 4.78 is 28.1. The zero-order valence-electron chi connectivity index (χ0n) is 10.6. The summed E-state index contributed by atoms with van der Waals surface area (Å²) in [6.07, 6.45) is 0.977. The molecule has 0 saturated carbocycles. The molecule has 98 valence electrons. The molecular formula is C12H16N2O2S2. The minimum Gasteiger partial charge on any atom is -0.333 e. The maximum atomic E-state index is 12.1. The molecule has 6 heteroatoms. The lowest BCUT2D eigenvalue weighted by atomic mass is 10.1. The number of fused-ring (bicyclic) bond motifs is 1. The first-order valence-electron chi connectivity index (χ1n) is 5.80. The van der Waals surface area contributed by atoms with Gasteiger partial charge < -0.3 is 5.32 Å². The van der Waals surface area contributed by atoms with Crippen molar-refractivity contribution < 1.29 is 8.42 Å². The van der Waals surface area contributed by atoms with Crippen molar-refractivity contribution in [3.05, 3.63) is 23.3 Å². The predicted octanol–water partition coefficient (Wildman–Crippen LogP) is 2.92. The van der Waals surface area contributed by atoms with Crippen LogP contribution >= 0.6 is 11.8 Å². The lowest BCUT2D eigenvalue weighted by Gasteiger charge is -2.19. The minimum atomic E-state index is -3.56. The zero-order valence-corrected chi connectivity index (χ0v) is 12.3. The van der Waals surface area contributed by atoms with Crippen LogP contribution in [0.15, 0.2) is 21.4 Å². The molecular weight excluding hydrogens is 268 g/mol. The Balaban J connectivity index is 2.48. The van der Waals surface area contributed by atoms with E-state index in [2.05, 4.69) is 9.71 Å². The predicted molar refractivity (Wildman–Crippen MR) is 76.9 cm³/mol. The molecule has 0 aliphatic carbocycles. The molecule has 1 N–H and O–H groups in total. The van der Waals surface area contributed by atoms with E-state index in [0.717, 1.165) is 23.3 Å². The number of nitrogens with zero attached hydrogens (tertiary/aromatic N) is 1. The van der Waals surface area contributed by atoms with Gasteiger partial charge >= 0.3 is 0 Å². The molecule has 4 nitrogen and oxygen atoms in total. The van der Waals surface area contributed by atoms with Gasteiger partial charge in [0.15, 0.2) is 5.17 Å². The Kier molecular flexibility index (Phi) is 3.68. The Bertz CT molecular complexity index is 607. The zero-order chi connectivity index (χ0) is 13.3. The molecule has 0 bridgehead atoms. The van der Waals surface area contributed by atoms with E-state index in [-0.39, 0.29) is 0 Å². The number of hydrogen-bond acceptors (Lipinski definition) is 4. The van der Waals surface area contributed by atoms with Crippen LogP contribution in [0.1, 0.15) is 24.5 Å². The maximum Gasteiger partial charge on any atom is 0.287 e. The van der Waals surface area contributed by atoms with E-state index in [0.29, 0.717) is 15.8 Å². The maximum absolute atomic E-state index is 12.1. The Morgan fingerprint density at radius 1 is 1.33 bits per heavy atom. The number of amidine groups is 1. The average molecular weight is 284 g/mol. The summed E-state index contributed by atoms with van der Waals surface area (Å²) >= 11 is 1.43. The summed E-state index contributed by atoms with van der Waals surface area (Å²) in [5, 5.41) is 3.57. The molecule has 0 aromatic heterocycles. The third-order valence-corrected chi connectivity index (χ3v) is 5.24. The van der Waals surface area contributed by atoms with Crippen molar-refractivity contribution >= 4 is 32.6 Å². The third kappa shape index (κ3) is 2.54. The normalized spacial score (nSPS) is 16.7. The number of aryl methyl sites for hydroxylation is 2. The van der Waals surface area contributed by atoms with Crippen LogP contribution in [-0.2, 0) is 10.0 Å². The van der Waals surface area contributed by atoms with Gasteiger partial charge in [-0.1, -0.05) is 24.8 Å². The Morgan fingerprint density at radius 2 is 2.06 bits per heavy atom. The van der Waals surface area contributed by atoms with Gasteiger partial charge in [0.25, 0.3) is 10.0 Å². The molecule has 2 rings (SSSR count). The van der Waals surface area contributed by atoms with Gasteiger partial charge in [0.1, 0.15) is 4.90 Å². The highest BCUT2D eigenvalue weighted by Gasteiger charge is 2.27. The van der Waals surface area contributed by atoms with Crippen molar-refractivity contribution in [2.45, 2.75) is 32.1 Å². The van der Waals surface area contributed by atoms with Gasteiger partial charge in [0.2, 0.25) is 0 Å². The van der Waals surface area contributed by atoms with Crippen molar-refractivity contribution in [2.24, 2.45) is 4.40 Å². The van der Waals surface area contributed by atoms with Crippen LogP contribution in [0, 0.1) is 13.8 Å². The average Bonchev–Trinajstić information content (AvgIpc) is 2.23. The van der Waals surface area contributed by atoms with Crippen LogP contribution in [0.3, 0.4) is 0 Å². The van der Waals surface area contributed by atoms with Crippen molar-refractivity contribution in [1.82, 2.24) is 0 Å². The summed E-state index contributed by atoms with van der Waals surface area (Å²) in [6.45, 7) is 5.80. The second-order valence-corrected chi connectivity index (χ2v) is 6.93. The number of benzene rings is 1. The molecule has 0 amide bonds. The molecule has 1 aromatic rings. The SMILES string of the molecule is CCCSC1=NS(=O)(=O)c2c(C)cc(C)cc2N1. The largest absolute Gasteiger partial charge is 0.333 e.